The van der Waals surface area contributed by atoms with Crippen LogP contribution in [0.4, 0.5) is 30.6 Å². The minimum atomic E-state index is -5.08. The molecule has 4 rings (SSSR count). The summed E-state index contributed by atoms with van der Waals surface area (Å²) in [5.74, 6) is -0.989. The average Bonchev–Trinajstić information content (AvgIpc) is 3.22. The second kappa shape index (κ2) is 11.0. The molecule has 192 valence electrons. The average molecular weight is 501 g/mol. The van der Waals surface area contributed by atoms with Crippen molar-refractivity contribution in [1.82, 2.24) is 9.97 Å². The number of carboxylic acid groups (broad SMARTS) is 1. The topological polar surface area (TPSA) is 78.4 Å². The number of fused-ring (bicyclic) bond motifs is 1. The van der Waals surface area contributed by atoms with E-state index in [1.54, 1.807) is 0 Å². The third-order valence-corrected chi connectivity index (χ3v) is 6.17. The van der Waals surface area contributed by atoms with Crippen LogP contribution >= 0.6 is 0 Å². The summed E-state index contributed by atoms with van der Waals surface area (Å²) in [4.78, 5) is 21.1. The summed E-state index contributed by atoms with van der Waals surface area (Å²) in [6.45, 7) is 11.8. The van der Waals surface area contributed by atoms with E-state index in [-0.39, 0.29) is 0 Å². The molecular formula is C27H31F3N4O2. The second-order valence-corrected chi connectivity index (χ2v) is 8.91. The van der Waals surface area contributed by atoms with E-state index in [1.165, 1.54) is 27.8 Å². The largest absolute Gasteiger partial charge is 0.490 e. The van der Waals surface area contributed by atoms with Gasteiger partial charge in [-0.15, -0.1) is 0 Å². The fraction of sp³-hybridized carbons (Fsp3) is 0.370. The van der Waals surface area contributed by atoms with E-state index in [0.717, 1.165) is 36.6 Å². The molecule has 0 spiro atoms. The van der Waals surface area contributed by atoms with Crippen LogP contribution in [-0.2, 0) is 11.2 Å². The lowest BCUT2D eigenvalue weighted by Gasteiger charge is -2.29. The lowest BCUT2D eigenvalue weighted by Crippen LogP contribution is -2.27. The third kappa shape index (κ3) is 6.13. The fourth-order valence-electron chi connectivity index (χ4n) is 4.61. The minimum absolute atomic E-state index is 0.336. The molecule has 1 unspecified atom stereocenters. The van der Waals surface area contributed by atoms with Crippen molar-refractivity contribution in [2.45, 2.75) is 59.7 Å². The first-order valence-electron chi connectivity index (χ1n) is 11.8. The zero-order valence-electron chi connectivity index (χ0n) is 21.1. The highest BCUT2D eigenvalue weighted by Gasteiger charge is 2.38. The van der Waals surface area contributed by atoms with Gasteiger partial charge in [-0.25, -0.2) is 9.78 Å². The molecule has 0 radical (unpaired) electrons. The number of aromatic nitrogens is 2. The molecule has 2 aromatic carbocycles. The Balaban J connectivity index is 0.000000454. The third-order valence-electron chi connectivity index (χ3n) is 6.17. The number of benzene rings is 2. The maximum atomic E-state index is 10.6. The zero-order chi connectivity index (χ0) is 26.6. The van der Waals surface area contributed by atoms with E-state index in [1.807, 2.05) is 0 Å². The fourth-order valence-corrected chi connectivity index (χ4v) is 4.61. The van der Waals surface area contributed by atoms with Gasteiger partial charge in [0.2, 0.25) is 5.95 Å². The van der Waals surface area contributed by atoms with Gasteiger partial charge in [0.1, 0.15) is 5.82 Å². The number of halogens is 3. The van der Waals surface area contributed by atoms with Crippen LogP contribution in [0, 0.1) is 27.7 Å². The molecule has 36 heavy (non-hydrogen) atoms. The summed E-state index contributed by atoms with van der Waals surface area (Å²) in [5.41, 5.74) is 8.52. The quantitative estimate of drug-likeness (QED) is 0.411. The number of carbonyl (C=O) groups is 1. The first kappa shape index (κ1) is 27.0. The minimum Gasteiger partial charge on any atom is -0.475 e. The van der Waals surface area contributed by atoms with Gasteiger partial charge in [-0.05, 0) is 57.2 Å². The molecule has 0 fully saturated rings. The number of nitrogens with zero attached hydrogens (tertiary/aromatic N) is 3. The van der Waals surface area contributed by atoms with E-state index in [2.05, 4.69) is 87.3 Å². The van der Waals surface area contributed by atoms with Crippen molar-refractivity contribution in [2.24, 2.45) is 0 Å². The first-order valence-corrected chi connectivity index (χ1v) is 11.8. The van der Waals surface area contributed by atoms with Gasteiger partial charge in [0, 0.05) is 23.5 Å². The highest BCUT2D eigenvalue weighted by molar-refractivity contribution is 5.73. The molecule has 1 aliphatic rings. The Bertz CT molecular complexity index is 1210. The van der Waals surface area contributed by atoms with Crippen molar-refractivity contribution >= 4 is 23.4 Å². The molecule has 1 atom stereocenters. The van der Waals surface area contributed by atoms with Crippen LogP contribution in [0.15, 0.2) is 42.5 Å². The highest BCUT2D eigenvalue weighted by atomic mass is 19.4. The Morgan fingerprint density at radius 2 is 1.67 bits per heavy atom. The van der Waals surface area contributed by atoms with Gasteiger partial charge in [0.25, 0.3) is 0 Å². The van der Waals surface area contributed by atoms with Gasteiger partial charge in [-0.1, -0.05) is 55.0 Å². The number of nitrogens with one attached hydrogen (secondary N) is 1. The van der Waals surface area contributed by atoms with E-state index < -0.39 is 12.1 Å². The maximum absolute atomic E-state index is 10.6. The standard InChI is InChI=1S/C25H30N4.C2HF3O2/c1-6-22(20-10-8-7-9-11-20)29-13-12-21-19(5)26-25(28-24(21)29)27-23-17(3)14-16(2)15-18(23)4;3-2(4,5)1(6)7/h7-11,14-15,22H,6,12-13H2,1-5H3,(H,26,27,28);(H,6,7). The first-order chi connectivity index (χ1) is 16.9. The molecule has 0 bridgehead atoms. The lowest BCUT2D eigenvalue weighted by molar-refractivity contribution is -0.192. The summed E-state index contributed by atoms with van der Waals surface area (Å²) in [6, 6.07) is 15.5. The van der Waals surface area contributed by atoms with Crippen LogP contribution in [0.25, 0.3) is 0 Å². The number of alkyl halides is 3. The number of rotatable bonds is 5. The number of anilines is 3. The molecule has 2 heterocycles. The molecule has 1 aliphatic heterocycles. The predicted octanol–water partition coefficient (Wildman–Crippen LogP) is 6.60. The number of hydrogen-bond acceptors (Lipinski definition) is 5. The molecule has 2 N–H and O–H groups in total. The number of aliphatic carboxylic acids is 1. The Kier molecular flexibility index (Phi) is 8.22. The van der Waals surface area contributed by atoms with Gasteiger partial charge in [0.05, 0.1) is 6.04 Å². The summed E-state index contributed by atoms with van der Waals surface area (Å²) in [6.07, 6.45) is -3.03. The van der Waals surface area contributed by atoms with E-state index in [4.69, 9.17) is 19.9 Å². The monoisotopic (exact) mass is 500 g/mol. The lowest BCUT2D eigenvalue weighted by atomic mass is 10.0. The zero-order valence-corrected chi connectivity index (χ0v) is 21.1. The van der Waals surface area contributed by atoms with E-state index in [0.29, 0.717) is 12.0 Å². The van der Waals surface area contributed by atoms with Crippen LogP contribution < -0.4 is 10.2 Å². The molecule has 0 amide bonds. The smallest absolute Gasteiger partial charge is 0.475 e. The Morgan fingerprint density at radius 3 is 2.19 bits per heavy atom. The summed E-state index contributed by atoms with van der Waals surface area (Å²) in [5, 5.41) is 10.6. The summed E-state index contributed by atoms with van der Waals surface area (Å²) >= 11 is 0. The van der Waals surface area contributed by atoms with Gasteiger partial charge in [-0.3, -0.25) is 0 Å². The molecule has 0 aliphatic carbocycles. The van der Waals surface area contributed by atoms with Gasteiger partial charge in [-0.2, -0.15) is 18.2 Å². The Hall–Kier alpha value is -3.62. The predicted molar refractivity (Wildman–Crippen MR) is 135 cm³/mol. The SMILES string of the molecule is CCC(c1ccccc1)N1CCc2c(C)nc(Nc3c(C)cc(C)cc3C)nc21.O=C(O)C(F)(F)F. The highest BCUT2D eigenvalue weighted by Crippen LogP contribution is 2.37. The van der Waals surface area contributed by atoms with Crippen LogP contribution in [-0.4, -0.2) is 33.8 Å². The summed E-state index contributed by atoms with van der Waals surface area (Å²) in [7, 11) is 0. The molecule has 0 saturated carbocycles. The molecule has 0 saturated heterocycles. The van der Waals surface area contributed by atoms with Crippen LogP contribution in [0.3, 0.4) is 0 Å². The second-order valence-electron chi connectivity index (χ2n) is 8.91. The van der Waals surface area contributed by atoms with Crippen LogP contribution in [0.1, 0.15) is 52.9 Å². The van der Waals surface area contributed by atoms with Crippen molar-refractivity contribution in [1.29, 1.82) is 0 Å². The van der Waals surface area contributed by atoms with Crippen LogP contribution in [0.5, 0.6) is 0 Å². The molecular weight excluding hydrogens is 469 g/mol. The van der Waals surface area contributed by atoms with Gasteiger partial charge >= 0.3 is 12.1 Å². The molecule has 9 heteroatoms. The van der Waals surface area contributed by atoms with Crippen molar-refractivity contribution < 1.29 is 23.1 Å². The molecule has 6 nitrogen and oxygen atoms in total. The van der Waals surface area contributed by atoms with Crippen molar-refractivity contribution in [3.63, 3.8) is 0 Å². The van der Waals surface area contributed by atoms with Crippen molar-refractivity contribution in [3.8, 4) is 0 Å². The van der Waals surface area contributed by atoms with Crippen LogP contribution in [0.2, 0.25) is 0 Å². The summed E-state index contributed by atoms with van der Waals surface area (Å²) < 4.78 is 31.7. The maximum Gasteiger partial charge on any atom is 0.490 e. The van der Waals surface area contributed by atoms with E-state index >= 15 is 0 Å². The van der Waals surface area contributed by atoms with Gasteiger partial charge < -0.3 is 15.3 Å². The van der Waals surface area contributed by atoms with Crippen molar-refractivity contribution in [2.75, 3.05) is 16.8 Å². The molecule has 3 aromatic rings. The molecule has 1 aromatic heterocycles. The van der Waals surface area contributed by atoms with E-state index in [9.17, 15) is 13.2 Å². The number of aryl methyl sites for hydroxylation is 4. The Labute approximate surface area is 209 Å². The van der Waals surface area contributed by atoms with Gasteiger partial charge in [0.15, 0.2) is 0 Å². The normalized spacial score (nSPS) is 13.5. The Morgan fingerprint density at radius 1 is 1.08 bits per heavy atom. The number of hydrogen-bond donors (Lipinski definition) is 2. The van der Waals surface area contributed by atoms with Crippen molar-refractivity contribution in [3.05, 3.63) is 76.0 Å². The number of carboxylic acids is 1.